The number of aliphatic carboxylic acids is 1. The van der Waals surface area contributed by atoms with E-state index in [1.54, 1.807) is 11.7 Å². The molecule has 0 saturated carbocycles. The lowest BCUT2D eigenvalue weighted by Crippen LogP contribution is -2.36. The third kappa shape index (κ3) is 2.64. The number of aryl methyl sites for hydroxylation is 1. The molecule has 2 aromatic rings. The Morgan fingerprint density at radius 1 is 1.35 bits per heavy atom. The van der Waals surface area contributed by atoms with E-state index in [4.69, 9.17) is 5.11 Å². The Balaban J connectivity index is 2.41. The van der Waals surface area contributed by atoms with Gasteiger partial charge in [0.25, 0.3) is 5.91 Å². The first-order valence-corrected chi connectivity index (χ1v) is 6.47. The number of nitrogens with zero attached hydrogens (tertiary/aromatic N) is 3. The highest BCUT2D eigenvalue weighted by molar-refractivity contribution is 6.05. The summed E-state index contributed by atoms with van der Waals surface area (Å²) < 4.78 is 1.63. The second-order valence-electron chi connectivity index (χ2n) is 4.61. The molecule has 1 aromatic heterocycles. The molecular weight excluding hydrogens is 258 g/mol. The van der Waals surface area contributed by atoms with Crippen LogP contribution in [0.15, 0.2) is 24.3 Å². The van der Waals surface area contributed by atoms with Gasteiger partial charge in [-0.2, -0.15) is 5.10 Å². The van der Waals surface area contributed by atoms with Gasteiger partial charge in [0.2, 0.25) is 0 Å². The molecule has 0 atom stereocenters. The molecule has 0 aliphatic carbocycles. The van der Waals surface area contributed by atoms with Gasteiger partial charge in [-0.1, -0.05) is 25.1 Å². The van der Waals surface area contributed by atoms with Gasteiger partial charge in [-0.25, -0.2) is 0 Å². The number of carboxylic acids is 1. The van der Waals surface area contributed by atoms with Crippen LogP contribution in [-0.4, -0.2) is 44.8 Å². The van der Waals surface area contributed by atoms with Crippen LogP contribution >= 0.6 is 0 Å². The third-order valence-electron chi connectivity index (χ3n) is 3.07. The monoisotopic (exact) mass is 275 g/mol. The first kappa shape index (κ1) is 14.0. The fraction of sp³-hybridized carbons (Fsp3) is 0.357. The Bertz CT molecular complexity index is 648. The zero-order chi connectivity index (χ0) is 14.7. The van der Waals surface area contributed by atoms with Gasteiger partial charge in [0.05, 0.1) is 5.52 Å². The van der Waals surface area contributed by atoms with Crippen LogP contribution in [0.25, 0.3) is 10.9 Å². The summed E-state index contributed by atoms with van der Waals surface area (Å²) in [6.07, 6.45) is 0.698. The molecule has 0 fully saturated rings. The van der Waals surface area contributed by atoms with Gasteiger partial charge in [0.1, 0.15) is 6.54 Å². The van der Waals surface area contributed by atoms with Crippen molar-refractivity contribution in [1.29, 1.82) is 0 Å². The van der Waals surface area contributed by atoms with Crippen molar-refractivity contribution >= 4 is 22.8 Å². The summed E-state index contributed by atoms with van der Waals surface area (Å²) in [5.41, 5.74) is 1.15. The van der Waals surface area contributed by atoms with Gasteiger partial charge in [-0.05, 0) is 12.5 Å². The highest BCUT2D eigenvalue weighted by atomic mass is 16.4. The Hall–Kier alpha value is -2.37. The van der Waals surface area contributed by atoms with Crippen LogP contribution in [0.2, 0.25) is 0 Å². The van der Waals surface area contributed by atoms with E-state index >= 15 is 0 Å². The SMILES string of the molecule is CCCN(CC(=O)O)C(=O)c1nn(C)c2ccccc12. The molecule has 1 N–H and O–H groups in total. The number of rotatable bonds is 5. The van der Waals surface area contributed by atoms with E-state index in [1.165, 1.54) is 4.90 Å². The van der Waals surface area contributed by atoms with Crippen LogP contribution in [0.4, 0.5) is 0 Å². The van der Waals surface area contributed by atoms with Crippen molar-refractivity contribution in [2.45, 2.75) is 13.3 Å². The number of hydrogen-bond donors (Lipinski definition) is 1. The van der Waals surface area contributed by atoms with E-state index < -0.39 is 5.97 Å². The van der Waals surface area contributed by atoms with Crippen molar-refractivity contribution in [3.8, 4) is 0 Å². The van der Waals surface area contributed by atoms with Gasteiger partial charge in [0.15, 0.2) is 5.69 Å². The highest BCUT2D eigenvalue weighted by Gasteiger charge is 2.22. The lowest BCUT2D eigenvalue weighted by molar-refractivity contribution is -0.137. The van der Waals surface area contributed by atoms with Crippen molar-refractivity contribution in [3.05, 3.63) is 30.0 Å². The molecule has 0 aliphatic heterocycles. The number of carboxylic acid groups (broad SMARTS) is 1. The number of para-hydroxylation sites is 1. The molecule has 0 unspecified atom stereocenters. The van der Waals surface area contributed by atoms with E-state index in [9.17, 15) is 9.59 Å². The van der Waals surface area contributed by atoms with Gasteiger partial charge < -0.3 is 10.0 Å². The molecule has 1 heterocycles. The maximum absolute atomic E-state index is 12.5. The largest absolute Gasteiger partial charge is 0.480 e. The van der Waals surface area contributed by atoms with Crippen molar-refractivity contribution in [2.24, 2.45) is 7.05 Å². The fourth-order valence-electron chi connectivity index (χ4n) is 2.21. The predicted octanol–water partition coefficient (Wildman–Crippen LogP) is 1.51. The molecule has 6 heteroatoms. The molecular formula is C14H17N3O3. The quantitative estimate of drug-likeness (QED) is 0.897. The van der Waals surface area contributed by atoms with Crippen LogP contribution in [-0.2, 0) is 11.8 Å². The summed E-state index contributed by atoms with van der Waals surface area (Å²) in [6.45, 7) is 1.99. The molecule has 0 saturated heterocycles. The summed E-state index contributed by atoms with van der Waals surface area (Å²) in [5, 5.41) is 13.9. The zero-order valence-electron chi connectivity index (χ0n) is 11.5. The third-order valence-corrected chi connectivity index (χ3v) is 3.07. The number of hydrogen-bond acceptors (Lipinski definition) is 3. The Morgan fingerprint density at radius 3 is 2.70 bits per heavy atom. The van der Waals surface area contributed by atoms with E-state index in [2.05, 4.69) is 5.10 Å². The van der Waals surface area contributed by atoms with E-state index in [-0.39, 0.29) is 12.5 Å². The van der Waals surface area contributed by atoms with Crippen molar-refractivity contribution in [2.75, 3.05) is 13.1 Å². The van der Waals surface area contributed by atoms with Crippen LogP contribution in [0, 0.1) is 0 Å². The molecule has 20 heavy (non-hydrogen) atoms. The van der Waals surface area contributed by atoms with E-state index in [0.717, 1.165) is 10.9 Å². The average molecular weight is 275 g/mol. The second kappa shape index (κ2) is 5.73. The second-order valence-corrected chi connectivity index (χ2v) is 4.61. The molecule has 1 amide bonds. The average Bonchev–Trinajstić information content (AvgIpc) is 2.75. The van der Waals surface area contributed by atoms with Crippen LogP contribution in [0.5, 0.6) is 0 Å². The fourth-order valence-corrected chi connectivity index (χ4v) is 2.21. The van der Waals surface area contributed by atoms with Gasteiger partial charge >= 0.3 is 5.97 Å². The molecule has 2 rings (SSSR count). The smallest absolute Gasteiger partial charge is 0.323 e. The van der Waals surface area contributed by atoms with Crippen molar-refractivity contribution in [3.63, 3.8) is 0 Å². The number of fused-ring (bicyclic) bond motifs is 1. The van der Waals surface area contributed by atoms with Gasteiger partial charge in [-0.15, -0.1) is 0 Å². The number of aromatic nitrogens is 2. The molecule has 106 valence electrons. The predicted molar refractivity (Wildman–Crippen MR) is 74.5 cm³/mol. The topological polar surface area (TPSA) is 75.4 Å². The molecule has 0 bridgehead atoms. The summed E-state index contributed by atoms with van der Waals surface area (Å²) >= 11 is 0. The number of benzene rings is 1. The minimum atomic E-state index is -1.02. The molecule has 6 nitrogen and oxygen atoms in total. The van der Waals surface area contributed by atoms with Gasteiger partial charge in [-0.3, -0.25) is 14.3 Å². The standard InChI is InChI=1S/C14H17N3O3/c1-3-8-17(9-12(18)19)14(20)13-10-6-4-5-7-11(10)16(2)15-13/h4-7H,3,8-9H2,1-2H3,(H,18,19). The van der Waals surface area contributed by atoms with Crippen molar-refractivity contribution in [1.82, 2.24) is 14.7 Å². The maximum atomic E-state index is 12.5. The van der Waals surface area contributed by atoms with Gasteiger partial charge in [0, 0.05) is 19.0 Å². The summed E-state index contributed by atoms with van der Waals surface area (Å²) in [4.78, 5) is 24.7. The maximum Gasteiger partial charge on any atom is 0.323 e. The molecule has 0 radical (unpaired) electrons. The van der Waals surface area contributed by atoms with Crippen LogP contribution < -0.4 is 0 Å². The Morgan fingerprint density at radius 2 is 2.05 bits per heavy atom. The zero-order valence-corrected chi connectivity index (χ0v) is 11.5. The number of amides is 1. The van der Waals surface area contributed by atoms with E-state index in [1.807, 2.05) is 31.2 Å². The minimum Gasteiger partial charge on any atom is -0.480 e. The Kier molecular flexibility index (Phi) is 4.02. The lowest BCUT2D eigenvalue weighted by Gasteiger charge is -2.18. The number of carbonyl (C=O) groups excluding carboxylic acids is 1. The van der Waals surface area contributed by atoms with Crippen molar-refractivity contribution < 1.29 is 14.7 Å². The molecule has 1 aromatic carbocycles. The molecule has 0 spiro atoms. The molecule has 0 aliphatic rings. The summed E-state index contributed by atoms with van der Waals surface area (Å²) in [7, 11) is 1.76. The highest BCUT2D eigenvalue weighted by Crippen LogP contribution is 2.19. The van der Waals surface area contributed by atoms with Crippen LogP contribution in [0.3, 0.4) is 0 Å². The first-order chi connectivity index (χ1) is 9.54. The van der Waals surface area contributed by atoms with Crippen LogP contribution in [0.1, 0.15) is 23.8 Å². The normalized spacial score (nSPS) is 10.7. The van der Waals surface area contributed by atoms with E-state index in [0.29, 0.717) is 18.7 Å². The summed E-state index contributed by atoms with van der Waals surface area (Å²) in [5.74, 6) is -1.36. The lowest BCUT2D eigenvalue weighted by atomic mass is 10.2. The number of carbonyl (C=O) groups is 2. The Labute approximate surface area is 116 Å². The first-order valence-electron chi connectivity index (χ1n) is 6.47. The minimum absolute atomic E-state index is 0.304. The summed E-state index contributed by atoms with van der Waals surface area (Å²) in [6, 6.07) is 7.41.